The molecule has 21 heavy (non-hydrogen) atoms. The number of pyridine rings is 1. The zero-order valence-electron chi connectivity index (χ0n) is 12.4. The third-order valence-electron chi connectivity index (χ3n) is 4.21. The summed E-state index contributed by atoms with van der Waals surface area (Å²) >= 11 is 0. The van der Waals surface area contributed by atoms with Gasteiger partial charge in [-0.3, -0.25) is 4.79 Å². The first-order chi connectivity index (χ1) is 10.3. The molecule has 0 unspecified atom stereocenters. The number of rotatable bonds is 4. The molecule has 1 fully saturated rings. The summed E-state index contributed by atoms with van der Waals surface area (Å²) in [6, 6.07) is 8.25. The van der Waals surface area contributed by atoms with Crippen LogP contribution in [0.25, 0.3) is 10.8 Å². The van der Waals surface area contributed by atoms with Crippen LogP contribution in [0.5, 0.6) is 5.75 Å². The van der Waals surface area contributed by atoms with Gasteiger partial charge < -0.3 is 15.0 Å². The maximum atomic E-state index is 11.7. The predicted octanol–water partition coefficient (Wildman–Crippen LogP) is 2.83. The van der Waals surface area contributed by atoms with Crippen molar-refractivity contribution < 1.29 is 4.74 Å². The molecule has 0 atom stereocenters. The third-order valence-corrected chi connectivity index (χ3v) is 4.21. The van der Waals surface area contributed by atoms with Crippen molar-refractivity contribution in [3.05, 3.63) is 40.8 Å². The molecule has 4 heteroatoms. The van der Waals surface area contributed by atoms with Crippen LogP contribution in [0.4, 0.5) is 0 Å². The molecule has 1 heterocycles. The van der Waals surface area contributed by atoms with Gasteiger partial charge in [0.05, 0.1) is 6.10 Å². The number of benzene rings is 1. The highest BCUT2D eigenvalue weighted by molar-refractivity contribution is 5.82. The van der Waals surface area contributed by atoms with E-state index in [1.165, 1.54) is 12.8 Å². The summed E-state index contributed by atoms with van der Waals surface area (Å²) in [7, 11) is 0. The summed E-state index contributed by atoms with van der Waals surface area (Å²) in [6.07, 6.45) is 6.49. The first kappa shape index (κ1) is 14.1. The largest absolute Gasteiger partial charge is 0.490 e. The average molecular weight is 286 g/mol. The highest BCUT2D eigenvalue weighted by Crippen LogP contribution is 2.25. The number of fused-ring (bicyclic) bond motifs is 1. The van der Waals surface area contributed by atoms with E-state index in [2.05, 4.69) is 17.2 Å². The monoisotopic (exact) mass is 286 g/mol. The number of aromatic amines is 1. The van der Waals surface area contributed by atoms with E-state index in [1.54, 1.807) is 6.20 Å². The van der Waals surface area contributed by atoms with Gasteiger partial charge in [0.15, 0.2) is 0 Å². The molecule has 2 aromatic rings. The lowest BCUT2D eigenvalue weighted by Crippen LogP contribution is -2.36. The van der Waals surface area contributed by atoms with Gasteiger partial charge >= 0.3 is 0 Å². The fourth-order valence-corrected chi connectivity index (χ4v) is 3.11. The number of hydrogen-bond acceptors (Lipinski definition) is 3. The first-order valence-electron chi connectivity index (χ1n) is 7.77. The van der Waals surface area contributed by atoms with E-state index in [1.807, 2.05) is 24.3 Å². The quantitative estimate of drug-likeness (QED) is 0.908. The standard InChI is InChI=1S/C17H22N2O2/c1-2-18-13-3-5-14(6-4-13)21-15-7-8-16-12(11-15)9-10-19-17(16)20/h7-11,13-14,18H,2-6H2,1H3,(H,19,20)/t13-,14-. The van der Waals surface area contributed by atoms with Gasteiger partial charge in [0.2, 0.25) is 0 Å². The lowest BCUT2D eigenvalue weighted by Gasteiger charge is -2.29. The van der Waals surface area contributed by atoms with Crippen LogP contribution in [0.15, 0.2) is 35.3 Å². The maximum Gasteiger partial charge on any atom is 0.255 e. The van der Waals surface area contributed by atoms with Crippen LogP contribution >= 0.6 is 0 Å². The molecule has 112 valence electrons. The molecule has 0 saturated heterocycles. The molecule has 1 aromatic heterocycles. The van der Waals surface area contributed by atoms with E-state index in [4.69, 9.17) is 4.74 Å². The Morgan fingerprint density at radius 3 is 2.81 bits per heavy atom. The number of ether oxygens (including phenoxy) is 1. The van der Waals surface area contributed by atoms with E-state index in [0.29, 0.717) is 17.5 Å². The molecule has 2 N–H and O–H groups in total. The van der Waals surface area contributed by atoms with Crippen molar-refractivity contribution in [3.63, 3.8) is 0 Å². The molecule has 3 rings (SSSR count). The predicted molar refractivity (Wildman–Crippen MR) is 84.9 cm³/mol. The second-order valence-electron chi connectivity index (χ2n) is 5.71. The number of aromatic nitrogens is 1. The van der Waals surface area contributed by atoms with Crippen molar-refractivity contribution in [2.24, 2.45) is 0 Å². The van der Waals surface area contributed by atoms with Crippen LogP contribution in [-0.2, 0) is 0 Å². The molecular formula is C17H22N2O2. The fraction of sp³-hybridized carbons (Fsp3) is 0.471. The first-order valence-corrected chi connectivity index (χ1v) is 7.77. The second-order valence-corrected chi connectivity index (χ2v) is 5.71. The van der Waals surface area contributed by atoms with Gasteiger partial charge in [0.1, 0.15) is 5.75 Å². The molecule has 0 aliphatic heterocycles. The minimum Gasteiger partial charge on any atom is -0.490 e. The van der Waals surface area contributed by atoms with E-state index in [-0.39, 0.29) is 5.56 Å². The average Bonchev–Trinajstić information content (AvgIpc) is 2.50. The van der Waals surface area contributed by atoms with Crippen LogP contribution in [0.1, 0.15) is 32.6 Å². The molecule has 0 amide bonds. The molecule has 1 aliphatic rings. The van der Waals surface area contributed by atoms with Crippen molar-refractivity contribution in [1.82, 2.24) is 10.3 Å². The van der Waals surface area contributed by atoms with Crippen LogP contribution in [0.3, 0.4) is 0 Å². The van der Waals surface area contributed by atoms with Crippen LogP contribution < -0.4 is 15.6 Å². The zero-order chi connectivity index (χ0) is 14.7. The third kappa shape index (κ3) is 3.27. The Bertz CT molecular complexity index is 657. The summed E-state index contributed by atoms with van der Waals surface area (Å²) in [5, 5.41) is 5.14. The van der Waals surface area contributed by atoms with Gasteiger partial charge in [0.25, 0.3) is 5.56 Å². The van der Waals surface area contributed by atoms with Gasteiger partial charge in [-0.1, -0.05) is 6.92 Å². The highest BCUT2D eigenvalue weighted by Gasteiger charge is 2.21. The molecule has 1 aliphatic carbocycles. The minimum atomic E-state index is -0.0507. The minimum absolute atomic E-state index is 0.0507. The molecular weight excluding hydrogens is 264 g/mol. The normalized spacial score (nSPS) is 22.3. The molecule has 0 radical (unpaired) electrons. The topological polar surface area (TPSA) is 54.1 Å². The van der Waals surface area contributed by atoms with Crippen molar-refractivity contribution in [1.29, 1.82) is 0 Å². The van der Waals surface area contributed by atoms with Crippen molar-refractivity contribution in [2.75, 3.05) is 6.54 Å². The van der Waals surface area contributed by atoms with E-state index in [9.17, 15) is 4.79 Å². The van der Waals surface area contributed by atoms with Gasteiger partial charge in [-0.2, -0.15) is 0 Å². The Hall–Kier alpha value is -1.81. The summed E-state index contributed by atoms with van der Waals surface area (Å²) in [5.74, 6) is 0.861. The lowest BCUT2D eigenvalue weighted by atomic mass is 9.93. The summed E-state index contributed by atoms with van der Waals surface area (Å²) in [6.45, 7) is 3.19. The van der Waals surface area contributed by atoms with E-state index < -0.39 is 0 Å². The zero-order valence-corrected chi connectivity index (χ0v) is 12.4. The van der Waals surface area contributed by atoms with Gasteiger partial charge in [-0.15, -0.1) is 0 Å². The Morgan fingerprint density at radius 2 is 2.05 bits per heavy atom. The summed E-state index contributed by atoms with van der Waals surface area (Å²) in [5.41, 5.74) is -0.0507. The number of nitrogens with one attached hydrogen (secondary N) is 2. The molecule has 1 saturated carbocycles. The molecule has 0 spiro atoms. The highest BCUT2D eigenvalue weighted by atomic mass is 16.5. The van der Waals surface area contributed by atoms with Crippen LogP contribution in [-0.4, -0.2) is 23.7 Å². The molecule has 4 nitrogen and oxygen atoms in total. The van der Waals surface area contributed by atoms with Crippen LogP contribution in [0, 0.1) is 0 Å². The smallest absolute Gasteiger partial charge is 0.255 e. The Balaban J connectivity index is 1.67. The van der Waals surface area contributed by atoms with Crippen molar-refractivity contribution in [3.8, 4) is 5.75 Å². The van der Waals surface area contributed by atoms with Gasteiger partial charge in [0, 0.05) is 17.6 Å². The molecule has 1 aromatic carbocycles. The summed E-state index contributed by atoms with van der Waals surface area (Å²) < 4.78 is 6.09. The Morgan fingerprint density at radius 1 is 1.24 bits per heavy atom. The van der Waals surface area contributed by atoms with E-state index >= 15 is 0 Å². The lowest BCUT2D eigenvalue weighted by molar-refractivity contribution is 0.140. The van der Waals surface area contributed by atoms with Crippen LogP contribution in [0.2, 0.25) is 0 Å². The maximum absolute atomic E-state index is 11.7. The SMILES string of the molecule is CCN[C@H]1CC[C@H](Oc2ccc3c(=O)[nH]ccc3c2)CC1. The van der Waals surface area contributed by atoms with Crippen molar-refractivity contribution in [2.45, 2.75) is 44.8 Å². The fourth-order valence-electron chi connectivity index (χ4n) is 3.11. The number of H-pyrrole nitrogens is 1. The molecule has 0 bridgehead atoms. The summed E-state index contributed by atoms with van der Waals surface area (Å²) in [4.78, 5) is 14.4. The van der Waals surface area contributed by atoms with Gasteiger partial charge in [-0.25, -0.2) is 0 Å². The Labute approximate surface area is 124 Å². The second kappa shape index (κ2) is 6.31. The van der Waals surface area contributed by atoms with E-state index in [0.717, 1.165) is 30.5 Å². The van der Waals surface area contributed by atoms with Crippen molar-refractivity contribution >= 4 is 10.8 Å². The Kier molecular flexibility index (Phi) is 4.25. The number of hydrogen-bond donors (Lipinski definition) is 2. The van der Waals surface area contributed by atoms with Gasteiger partial charge in [-0.05, 0) is 61.9 Å².